The normalized spacial score (nSPS) is 20.3. The van der Waals surface area contributed by atoms with E-state index in [1.165, 1.54) is 145 Å². The minimum Gasteiger partial charge on any atom is -0.369 e. The Morgan fingerprint density at radius 1 is 0.216 bits per heavy atom. The SMILES string of the molecule is CC1=C2C=CC=CC2N=C(c2ccc(-c3ccccc3)cc2)N1.CC1=C2C=CC=CC2N=C(c2ccccc2)N1.CC1=C2C=CC=CC2NC(c2cccc(-c3ccccc3)c2)N1.CC1N=C(c2ccccc2-c2ccccc2)c2ccccc2N1.CC1NC(c2cccc(-c3ccccc3)c2)NC(c2cccc(-c3ccccc3)c2)N1.CC1NC(c2cccc(-c3ccccc3)c2)NC(c2ccccc2-c2ccccc2)N1. The second-order valence-corrected chi connectivity index (χ2v) is 37.9. The van der Waals surface area contributed by atoms with Gasteiger partial charge < -0.3 is 21.3 Å². The van der Waals surface area contributed by atoms with E-state index in [2.05, 4.69) is 579 Å². The second kappa shape index (κ2) is 47.8. The molecular formula is C134H124N14. The molecule has 14 nitrogen and oxygen atoms in total. The average Bonchev–Trinajstić information content (AvgIpc) is 0.780. The highest BCUT2D eigenvalue weighted by Crippen LogP contribution is 2.38. The van der Waals surface area contributed by atoms with Crippen molar-refractivity contribution in [1.29, 1.82) is 0 Å². The fourth-order valence-corrected chi connectivity index (χ4v) is 20.1. The molecule has 11 N–H and O–H groups in total. The monoisotopic (exact) mass is 1930 g/mol. The van der Waals surface area contributed by atoms with Crippen molar-refractivity contribution in [2.24, 2.45) is 15.0 Å². The Kier molecular flexibility index (Phi) is 31.8. The number of nitrogens with one attached hydrogen (secondary N) is 11. The summed E-state index contributed by atoms with van der Waals surface area (Å²) in [6, 6.07) is 154. The number of hydrogen-bond donors (Lipinski definition) is 11. The lowest BCUT2D eigenvalue weighted by atomic mass is 9.92. The Bertz CT molecular complexity index is 7570. The third-order valence-corrected chi connectivity index (χ3v) is 27.6. The first kappa shape index (κ1) is 98.5. The number of anilines is 1. The molecule has 10 atom stereocenters. The quantitative estimate of drug-likeness (QED) is 0.0473. The average molecular weight is 1930 g/mol. The largest absolute Gasteiger partial charge is 0.369 e. The highest BCUT2D eigenvalue weighted by Gasteiger charge is 2.32. The Labute approximate surface area is 871 Å². The number of aliphatic imine (C=N–C) groups is 3. The van der Waals surface area contributed by atoms with Crippen molar-refractivity contribution in [1.82, 2.24) is 53.2 Å². The molecule has 148 heavy (non-hydrogen) atoms. The summed E-state index contributed by atoms with van der Waals surface area (Å²) < 4.78 is 0. The highest BCUT2D eigenvalue weighted by atomic mass is 15.4. The van der Waals surface area contributed by atoms with Gasteiger partial charge in [0.2, 0.25) is 0 Å². The van der Waals surface area contributed by atoms with Gasteiger partial charge in [-0.3, -0.25) is 52.2 Å². The topological polar surface area (TPSA) is 169 Å². The zero-order valence-corrected chi connectivity index (χ0v) is 84.2. The van der Waals surface area contributed by atoms with E-state index in [0.29, 0.717) is 0 Å². The van der Waals surface area contributed by atoms with Crippen molar-refractivity contribution >= 4 is 23.1 Å². The molecule has 16 aromatic carbocycles. The van der Waals surface area contributed by atoms with Crippen molar-refractivity contribution in [3.8, 4) is 77.9 Å². The number of nitrogens with zero attached hydrogens (tertiary/aromatic N) is 3. The van der Waals surface area contributed by atoms with Gasteiger partial charge in [0.25, 0.3) is 0 Å². The van der Waals surface area contributed by atoms with Crippen molar-refractivity contribution < 1.29 is 0 Å². The van der Waals surface area contributed by atoms with E-state index < -0.39 is 0 Å². The van der Waals surface area contributed by atoms with Gasteiger partial charge in [-0.1, -0.05) is 479 Å². The number of amidine groups is 2. The third kappa shape index (κ3) is 24.3. The third-order valence-electron chi connectivity index (χ3n) is 27.6. The smallest absolute Gasteiger partial charge is 0.133 e. The number of rotatable bonds is 15. The standard InChI is InChI=1S/2C28H27N3.C21H18N2.C21H20N2.C21H18N2.C15H14N2/c1-20-29-27(25-16-8-14-23(18-25)21-10-4-2-5-11-21)31-28(30-20)26-17-9-15-24(19-26)22-12-6-3-7-13-22;1-20-29-27(24-16-10-15-23(19-24)21-11-4-2-5-12-21)31-28(30-20)26-18-9-8-17-25(26)22-13-6-3-7-14-22;1-15-22-20-14-8-7-13-19(20)21(23-15)18-12-6-5-11-17(18)16-9-3-2-4-10-16;1-15-19-12-5-6-13-20(19)23-21(22-15)18-11-7-10-17(14-18)16-8-3-2-4-9-16;1-15-19-9-5-6-10-20(19)23-21(22-15)18-13-11-17(12-14-18)16-7-3-2-4-8-16;1-11-13-9-5-6-10-14(13)17-15(16-11)12-7-3-2-4-8-12/h2*2-20,27-31H,1H3;2-15,22H,1H3;2-14,20-23H,1H3;2-14,20H,1H3,(H,22,23);2-10,14H,1H3,(H,16,17). The molecule has 0 aromatic heterocycles. The molecule has 730 valence electrons. The molecule has 25 rings (SSSR count). The molecule has 2 saturated heterocycles. The zero-order valence-electron chi connectivity index (χ0n) is 84.2. The molecule has 9 aliphatic rings. The molecule has 3 aliphatic carbocycles. The maximum atomic E-state index is 4.89. The zero-order chi connectivity index (χ0) is 101. The van der Waals surface area contributed by atoms with Gasteiger partial charge in [-0.2, -0.15) is 0 Å². The van der Waals surface area contributed by atoms with Crippen molar-refractivity contribution in [2.45, 2.75) is 109 Å². The predicted octanol–water partition coefficient (Wildman–Crippen LogP) is 28.2. The molecule has 2 fully saturated rings. The number of fused-ring (bicyclic) bond motifs is 4. The van der Waals surface area contributed by atoms with Crippen LogP contribution in [0, 0.1) is 0 Å². The fraction of sp³-hybridized carbons (Fsp3) is 0.127. The van der Waals surface area contributed by atoms with E-state index in [9.17, 15) is 0 Å². The molecular weight excluding hydrogens is 1810 g/mol. The minimum atomic E-state index is 0.0398. The molecule has 0 amide bonds. The van der Waals surface area contributed by atoms with Gasteiger partial charge in [0.1, 0.15) is 24.0 Å². The molecule has 0 bridgehead atoms. The van der Waals surface area contributed by atoms with E-state index in [1.54, 1.807) is 0 Å². The van der Waals surface area contributed by atoms with Gasteiger partial charge in [-0.15, -0.1) is 0 Å². The molecule has 16 aromatic rings. The highest BCUT2D eigenvalue weighted by molar-refractivity contribution is 6.20. The molecule has 0 saturated carbocycles. The van der Waals surface area contributed by atoms with Crippen molar-refractivity contribution in [3.63, 3.8) is 0 Å². The maximum Gasteiger partial charge on any atom is 0.133 e. The lowest BCUT2D eigenvalue weighted by Gasteiger charge is -2.38. The van der Waals surface area contributed by atoms with E-state index in [0.717, 1.165) is 39.8 Å². The minimum absolute atomic E-state index is 0.0398. The van der Waals surface area contributed by atoms with Gasteiger partial charge in [0.05, 0.1) is 60.8 Å². The van der Waals surface area contributed by atoms with Crippen LogP contribution in [0.25, 0.3) is 77.9 Å². The van der Waals surface area contributed by atoms with Crippen LogP contribution in [0.15, 0.2) is 558 Å². The van der Waals surface area contributed by atoms with E-state index in [-0.39, 0.29) is 67.5 Å². The molecule has 14 heteroatoms. The predicted molar refractivity (Wildman–Crippen MR) is 616 cm³/mol. The Hall–Kier alpha value is -16.9. The van der Waals surface area contributed by atoms with Crippen LogP contribution in [0.2, 0.25) is 0 Å². The lowest BCUT2D eigenvalue weighted by molar-refractivity contribution is 0.213. The van der Waals surface area contributed by atoms with E-state index in [4.69, 9.17) is 15.0 Å². The summed E-state index contributed by atoms with van der Waals surface area (Å²) in [5.41, 5.74) is 37.7. The molecule has 10 unspecified atom stereocenters. The number of para-hydroxylation sites is 1. The Morgan fingerprint density at radius 2 is 0.534 bits per heavy atom. The summed E-state index contributed by atoms with van der Waals surface area (Å²) in [4.78, 5) is 14.5. The van der Waals surface area contributed by atoms with Crippen LogP contribution in [0.3, 0.4) is 0 Å². The fourth-order valence-electron chi connectivity index (χ4n) is 20.1. The van der Waals surface area contributed by atoms with E-state index in [1.807, 2.05) is 30.3 Å². The molecule has 6 heterocycles. The lowest BCUT2D eigenvalue weighted by Crippen LogP contribution is -2.57. The summed E-state index contributed by atoms with van der Waals surface area (Å²) in [5.74, 6) is 1.90. The summed E-state index contributed by atoms with van der Waals surface area (Å²) >= 11 is 0. The van der Waals surface area contributed by atoms with E-state index >= 15 is 0 Å². The summed E-state index contributed by atoms with van der Waals surface area (Å²) in [6.07, 6.45) is 26.1. The first-order valence-corrected chi connectivity index (χ1v) is 51.3. The van der Waals surface area contributed by atoms with Crippen LogP contribution in [0.5, 0.6) is 0 Å². The van der Waals surface area contributed by atoms with Gasteiger partial charge in [-0.25, -0.2) is 0 Å². The van der Waals surface area contributed by atoms with Gasteiger partial charge in [-0.05, 0) is 194 Å². The van der Waals surface area contributed by atoms with Crippen LogP contribution >= 0.6 is 0 Å². The first-order valence-electron chi connectivity index (χ1n) is 51.3. The second-order valence-electron chi connectivity index (χ2n) is 37.9. The van der Waals surface area contributed by atoms with Crippen LogP contribution < -0.4 is 58.5 Å². The maximum absolute atomic E-state index is 4.89. The summed E-state index contributed by atoms with van der Waals surface area (Å²) in [5, 5.41) is 39.6. The molecule has 0 radical (unpaired) electrons. The van der Waals surface area contributed by atoms with Crippen molar-refractivity contribution in [3.05, 3.63) is 594 Å². The Balaban J connectivity index is 0.000000109. The van der Waals surface area contributed by atoms with Crippen LogP contribution in [0.1, 0.15) is 122 Å². The summed E-state index contributed by atoms with van der Waals surface area (Å²) in [6.45, 7) is 12.8. The Morgan fingerprint density at radius 3 is 0.980 bits per heavy atom. The van der Waals surface area contributed by atoms with Gasteiger partial charge in [0, 0.05) is 45.0 Å². The number of allylic oxidation sites excluding steroid dienone is 9. The van der Waals surface area contributed by atoms with Crippen molar-refractivity contribution in [2.75, 3.05) is 5.32 Å². The number of hydrogen-bond acceptors (Lipinski definition) is 14. The van der Waals surface area contributed by atoms with Crippen LogP contribution in [-0.2, 0) is 0 Å². The molecule has 6 aliphatic heterocycles. The number of benzene rings is 16. The van der Waals surface area contributed by atoms with Crippen LogP contribution in [-0.4, -0.2) is 54.0 Å². The molecule has 0 spiro atoms. The van der Waals surface area contributed by atoms with Gasteiger partial charge in [0.15, 0.2) is 0 Å². The van der Waals surface area contributed by atoms with Gasteiger partial charge >= 0.3 is 0 Å². The summed E-state index contributed by atoms with van der Waals surface area (Å²) in [7, 11) is 0. The van der Waals surface area contributed by atoms with Crippen LogP contribution in [0.4, 0.5) is 5.69 Å². The first-order chi connectivity index (χ1) is 72.8.